The quantitative estimate of drug-likeness (QED) is 0.0222. The summed E-state index contributed by atoms with van der Waals surface area (Å²) in [7, 11) is -9.92. The maximum absolute atomic E-state index is 13.1. The summed E-state index contributed by atoms with van der Waals surface area (Å²) in [5.41, 5.74) is 0. The lowest BCUT2D eigenvalue weighted by Gasteiger charge is -2.21. The second-order valence-electron chi connectivity index (χ2n) is 29.9. The van der Waals surface area contributed by atoms with Gasteiger partial charge in [-0.15, -0.1) is 0 Å². The van der Waals surface area contributed by atoms with Gasteiger partial charge in [0, 0.05) is 25.7 Å². The van der Waals surface area contributed by atoms with Crippen molar-refractivity contribution in [2.45, 2.75) is 445 Å². The molecule has 100 heavy (non-hydrogen) atoms. The van der Waals surface area contributed by atoms with Crippen LogP contribution in [0, 0.1) is 11.8 Å². The number of hydrogen-bond acceptors (Lipinski definition) is 15. The van der Waals surface area contributed by atoms with E-state index in [0.717, 1.165) is 102 Å². The van der Waals surface area contributed by atoms with Gasteiger partial charge < -0.3 is 33.8 Å². The van der Waals surface area contributed by atoms with Crippen molar-refractivity contribution in [2.75, 3.05) is 39.6 Å². The Morgan fingerprint density at radius 2 is 0.510 bits per heavy atom. The predicted molar refractivity (Wildman–Crippen MR) is 409 cm³/mol. The number of esters is 4. The van der Waals surface area contributed by atoms with Gasteiger partial charge in [-0.1, -0.05) is 375 Å². The molecule has 0 aliphatic heterocycles. The zero-order valence-corrected chi connectivity index (χ0v) is 67.3. The van der Waals surface area contributed by atoms with Gasteiger partial charge in [0.25, 0.3) is 0 Å². The molecule has 6 atom stereocenters. The molecule has 19 heteroatoms. The highest BCUT2D eigenvalue weighted by Gasteiger charge is 2.30. The van der Waals surface area contributed by atoms with Gasteiger partial charge in [0.15, 0.2) is 12.2 Å². The molecule has 0 aromatic heterocycles. The minimum Gasteiger partial charge on any atom is -0.462 e. The van der Waals surface area contributed by atoms with E-state index in [-0.39, 0.29) is 25.7 Å². The van der Waals surface area contributed by atoms with Crippen molar-refractivity contribution in [1.29, 1.82) is 0 Å². The molecule has 0 radical (unpaired) electrons. The third-order valence-corrected chi connectivity index (χ3v) is 21.2. The van der Waals surface area contributed by atoms with Crippen molar-refractivity contribution in [3.63, 3.8) is 0 Å². The van der Waals surface area contributed by atoms with Crippen molar-refractivity contribution in [1.82, 2.24) is 0 Å². The normalized spacial score (nSPS) is 14.2. The van der Waals surface area contributed by atoms with Crippen molar-refractivity contribution in [2.24, 2.45) is 11.8 Å². The average Bonchev–Trinajstić information content (AvgIpc) is 0.992. The minimum atomic E-state index is -4.96. The van der Waals surface area contributed by atoms with Crippen LogP contribution in [-0.4, -0.2) is 96.7 Å². The molecule has 3 unspecified atom stereocenters. The van der Waals surface area contributed by atoms with Crippen LogP contribution in [0.3, 0.4) is 0 Å². The largest absolute Gasteiger partial charge is 0.472 e. The van der Waals surface area contributed by atoms with Crippen LogP contribution in [0.4, 0.5) is 0 Å². The van der Waals surface area contributed by atoms with Crippen LogP contribution in [0.25, 0.3) is 0 Å². The van der Waals surface area contributed by atoms with E-state index in [1.807, 2.05) is 0 Å². The van der Waals surface area contributed by atoms with Gasteiger partial charge in [-0.2, -0.15) is 0 Å². The molecule has 0 saturated heterocycles. The molecule has 0 bridgehead atoms. The number of ether oxygens (including phenoxy) is 4. The molecular formula is C81H158O17P2. The van der Waals surface area contributed by atoms with E-state index in [1.54, 1.807) is 0 Å². The second kappa shape index (κ2) is 72.6. The van der Waals surface area contributed by atoms with Gasteiger partial charge in [-0.05, 0) is 37.5 Å². The fourth-order valence-corrected chi connectivity index (χ4v) is 14.1. The van der Waals surface area contributed by atoms with Crippen molar-refractivity contribution in [3.05, 3.63) is 0 Å². The van der Waals surface area contributed by atoms with Crippen LogP contribution >= 0.6 is 15.6 Å². The summed E-state index contributed by atoms with van der Waals surface area (Å²) in [4.78, 5) is 72.9. The van der Waals surface area contributed by atoms with Crippen LogP contribution in [0.5, 0.6) is 0 Å². The van der Waals surface area contributed by atoms with E-state index >= 15 is 0 Å². The third-order valence-electron chi connectivity index (χ3n) is 19.3. The molecule has 17 nitrogen and oxygen atoms in total. The first-order chi connectivity index (χ1) is 48.4. The summed E-state index contributed by atoms with van der Waals surface area (Å²) >= 11 is 0. The van der Waals surface area contributed by atoms with Gasteiger partial charge in [-0.25, -0.2) is 9.13 Å². The second-order valence-corrected chi connectivity index (χ2v) is 32.8. The van der Waals surface area contributed by atoms with E-state index < -0.39 is 97.5 Å². The summed E-state index contributed by atoms with van der Waals surface area (Å²) in [6, 6.07) is 0. The molecule has 0 amide bonds. The molecular weight excluding hydrogens is 1310 g/mol. The lowest BCUT2D eigenvalue weighted by molar-refractivity contribution is -0.161. The summed E-state index contributed by atoms with van der Waals surface area (Å²) in [5, 5.41) is 10.6. The lowest BCUT2D eigenvalue weighted by atomic mass is 9.99. The van der Waals surface area contributed by atoms with Crippen molar-refractivity contribution in [3.8, 4) is 0 Å². The summed E-state index contributed by atoms with van der Waals surface area (Å²) in [6.45, 7) is 9.64. The number of unbranched alkanes of at least 4 members (excludes halogenated alkanes) is 49. The topological polar surface area (TPSA) is 237 Å². The molecule has 0 aromatic carbocycles. The van der Waals surface area contributed by atoms with E-state index in [0.29, 0.717) is 25.7 Å². The summed E-state index contributed by atoms with van der Waals surface area (Å²) in [6.07, 6.45) is 62.5. The van der Waals surface area contributed by atoms with E-state index in [9.17, 15) is 43.2 Å². The third kappa shape index (κ3) is 73.0. The Kier molecular flexibility index (Phi) is 71.2. The SMILES string of the molecule is CCCCCCCCCCCCCCCCCCCCCCCC(=O)O[C@H](COC(=O)CCCCCCCCCCCCCCCCC(C)CC)COP(=O)(O)OC[C@@H](O)COP(=O)(O)OC[C@@H](COC(=O)CCCCCCCCCCC)OC(=O)CCCCCCCCCCCC(C)C. The number of phosphoric ester groups is 2. The Hall–Kier alpha value is -1.94. The Morgan fingerprint density at radius 3 is 0.760 bits per heavy atom. The fraction of sp³-hybridized carbons (Fsp3) is 0.951. The lowest BCUT2D eigenvalue weighted by Crippen LogP contribution is -2.30. The zero-order chi connectivity index (χ0) is 73.5. The van der Waals surface area contributed by atoms with Gasteiger partial charge in [-0.3, -0.25) is 37.3 Å². The van der Waals surface area contributed by atoms with Crippen LogP contribution in [-0.2, 0) is 65.4 Å². The maximum atomic E-state index is 13.1. The number of aliphatic hydroxyl groups is 1. The highest BCUT2D eigenvalue weighted by molar-refractivity contribution is 7.47. The predicted octanol–water partition coefficient (Wildman–Crippen LogP) is 24.3. The zero-order valence-electron chi connectivity index (χ0n) is 65.5. The molecule has 0 aliphatic rings. The molecule has 0 heterocycles. The van der Waals surface area contributed by atoms with Crippen LogP contribution in [0.2, 0.25) is 0 Å². The maximum Gasteiger partial charge on any atom is 0.472 e. The highest BCUT2D eigenvalue weighted by Crippen LogP contribution is 2.45. The van der Waals surface area contributed by atoms with Crippen LogP contribution in [0.15, 0.2) is 0 Å². The number of aliphatic hydroxyl groups excluding tert-OH is 1. The standard InChI is InChI=1S/C81H158O17P2/c1-7-10-12-14-16-18-19-20-21-22-23-24-25-26-27-32-35-41-47-53-59-65-80(85)97-77(70-92-79(84)64-58-52-46-40-34-31-29-28-30-33-39-44-50-56-62-74(6)9-3)72-96-100(89,90)94-68-75(82)67-93-99(87,88)95-71-76(69-91-78(83)63-57-51-45-37-17-15-13-11-8-2)98-81(86)66-60-54-48-42-36-38-43-49-55-61-73(4)5/h73-77,82H,7-72H2,1-6H3,(H,87,88)(H,89,90)/t74?,75-,76+,77+/m0/s1. The van der Waals surface area contributed by atoms with Gasteiger partial charge >= 0.3 is 39.5 Å². The average molecular weight is 1470 g/mol. The van der Waals surface area contributed by atoms with Crippen LogP contribution < -0.4 is 0 Å². The Morgan fingerprint density at radius 1 is 0.290 bits per heavy atom. The number of phosphoric acid groups is 2. The first-order valence-corrected chi connectivity index (χ1v) is 45.0. The first-order valence-electron chi connectivity index (χ1n) is 42.0. The van der Waals surface area contributed by atoms with Gasteiger partial charge in [0.2, 0.25) is 0 Å². The number of carbonyl (C=O) groups is 4. The monoisotopic (exact) mass is 1470 g/mol. The van der Waals surface area contributed by atoms with Crippen molar-refractivity contribution >= 4 is 39.5 Å². The first kappa shape index (κ1) is 98.1. The number of hydrogen-bond donors (Lipinski definition) is 3. The van der Waals surface area contributed by atoms with Crippen molar-refractivity contribution < 1.29 is 80.2 Å². The number of rotatable bonds is 80. The fourth-order valence-electron chi connectivity index (χ4n) is 12.5. The highest BCUT2D eigenvalue weighted by atomic mass is 31.2. The smallest absolute Gasteiger partial charge is 0.462 e. The molecule has 0 fully saturated rings. The molecule has 3 N–H and O–H groups in total. The Balaban J connectivity index is 5.20. The van der Waals surface area contributed by atoms with Crippen LogP contribution in [0.1, 0.15) is 427 Å². The molecule has 0 aromatic rings. The Labute approximate surface area is 613 Å². The number of carbonyl (C=O) groups excluding carboxylic acids is 4. The molecule has 594 valence electrons. The summed E-state index contributed by atoms with van der Waals surface area (Å²) < 4.78 is 68.6. The van der Waals surface area contributed by atoms with E-state index in [2.05, 4.69) is 41.5 Å². The summed E-state index contributed by atoms with van der Waals surface area (Å²) in [5.74, 6) is -0.525. The Bertz CT molecular complexity index is 1930. The van der Waals surface area contributed by atoms with E-state index in [1.165, 1.54) is 244 Å². The minimum absolute atomic E-state index is 0.106. The van der Waals surface area contributed by atoms with E-state index in [4.69, 9.17) is 37.0 Å². The molecule has 0 spiro atoms. The van der Waals surface area contributed by atoms with Gasteiger partial charge in [0.1, 0.15) is 19.3 Å². The molecule has 0 saturated carbocycles. The van der Waals surface area contributed by atoms with Gasteiger partial charge in [0.05, 0.1) is 26.4 Å². The molecule has 0 aliphatic carbocycles. The molecule has 0 rings (SSSR count).